The molecule has 3 atom stereocenters. The lowest BCUT2D eigenvalue weighted by molar-refractivity contribution is 0.301. The minimum absolute atomic E-state index is 0.694. The van der Waals surface area contributed by atoms with Crippen molar-refractivity contribution in [3.05, 3.63) is 0 Å². The van der Waals surface area contributed by atoms with Crippen LogP contribution in [-0.4, -0.2) is 12.1 Å². The molecule has 0 aromatic heterocycles. The van der Waals surface area contributed by atoms with Crippen LogP contribution in [0.2, 0.25) is 0 Å². The van der Waals surface area contributed by atoms with Crippen LogP contribution in [0.4, 0.5) is 0 Å². The molecular formula is C14H31N. The molecule has 0 aliphatic carbocycles. The van der Waals surface area contributed by atoms with Gasteiger partial charge in [-0.1, -0.05) is 48.0 Å². The molecule has 0 spiro atoms. The third-order valence-electron chi connectivity index (χ3n) is 3.57. The van der Waals surface area contributed by atoms with Gasteiger partial charge in [-0.05, 0) is 31.1 Å². The molecule has 0 bridgehead atoms. The van der Waals surface area contributed by atoms with Gasteiger partial charge < -0.3 is 5.32 Å². The van der Waals surface area contributed by atoms with Gasteiger partial charge in [-0.15, -0.1) is 0 Å². The van der Waals surface area contributed by atoms with Gasteiger partial charge in [0.05, 0.1) is 0 Å². The highest BCUT2D eigenvalue weighted by Crippen LogP contribution is 2.15. The Balaban J connectivity index is 4.06. The maximum Gasteiger partial charge on any atom is 0.00900 e. The normalized spacial score (nSPS) is 17.8. The Kier molecular flexibility index (Phi) is 8.13. The largest absolute Gasteiger partial charge is 0.311 e. The van der Waals surface area contributed by atoms with E-state index in [-0.39, 0.29) is 0 Å². The van der Waals surface area contributed by atoms with Crippen LogP contribution in [0.3, 0.4) is 0 Å². The predicted octanol–water partition coefficient (Wildman–Crippen LogP) is 4.23. The summed E-state index contributed by atoms with van der Waals surface area (Å²) in [6.07, 6.45) is 5.13. The summed E-state index contributed by atoms with van der Waals surface area (Å²) in [4.78, 5) is 0. The van der Waals surface area contributed by atoms with Gasteiger partial charge in [0.1, 0.15) is 0 Å². The van der Waals surface area contributed by atoms with Crippen molar-refractivity contribution in [2.75, 3.05) is 0 Å². The van der Waals surface area contributed by atoms with Gasteiger partial charge in [-0.25, -0.2) is 0 Å². The molecular weight excluding hydrogens is 182 g/mol. The molecule has 92 valence electrons. The fourth-order valence-corrected chi connectivity index (χ4v) is 2.09. The second-order valence-electron chi connectivity index (χ2n) is 5.28. The van der Waals surface area contributed by atoms with Gasteiger partial charge in [-0.2, -0.15) is 0 Å². The van der Waals surface area contributed by atoms with E-state index in [1.807, 2.05) is 0 Å². The number of hydrogen-bond acceptors (Lipinski definition) is 1. The number of nitrogens with one attached hydrogen (secondary N) is 1. The molecule has 0 heterocycles. The summed E-state index contributed by atoms with van der Waals surface area (Å²) >= 11 is 0. The third kappa shape index (κ3) is 6.19. The average molecular weight is 213 g/mol. The van der Waals surface area contributed by atoms with Crippen molar-refractivity contribution < 1.29 is 0 Å². The molecule has 15 heavy (non-hydrogen) atoms. The van der Waals surface area contributed by atoms with Crippen molar-refractivity contribution in [2.45, 2.75) is 79.3 Å². The van der Waals surface area contributed by atoms with E-state index in [1.54, 1.807) is 0 Å². The third-order valence-corrected chi connectivity index (χ3v) is 3.57. The van der Waals surface area contributed by atoms with Gasteiger partial charge >= 0.3 is 0 Å². The summed E-state index contributed by atoms with van der Waals surface area (Å²) in [5.41, 5.74) is 0. The van der Waals surface area contributed by atoms with Crippen molar-refractivity contribution in [2.24, 2.45) is 11.8 Å². The van der Waals surface area contributed by atoms with Crippen molar-refractivity contribution in [3.8, 4) is 0 Å². The Morgan fingerprint density at radius 1 is 0.867 bits per heavy atom. The molecule has 0 aromatic rings. The van der Waals surface area contributed by atoms with Crippen molar-refractivity contribution in [1.82, 2.24) is 5.32 Å². The van der Waals surface area contributed by atoms with Crippen LogP contribution in [0.1, 0.15) is 67.2 Å². The molecule has 0 saturated heterocycles. The second kappa shape index (κ2) is 8.15. The topological polar surface area (TPSA) is 12.0 Å². The Hall–Kier alpha value is -0.0400. The standard InChI is InChI=1S/C14H31N/c1-7-12(6)10-13(8-2)15-14(9-3)11(4)5/h11-15H,7-10H2,1-6H3. The van der Waals surface area contributed by atoms with Crippen LogP contribution in [-0.2, 0) is 0 Å². The summed E-state index contributed by atoms with van der Waals surface area (Å²) in [6, 6.07) is 1.41. The van der Waals surface area contributed by atoms with Crippen molar-refractivity contribution >= 4 is 0 Å². The Morgan fingerprint density at radius 3 is 1.80 bits per heavy atom. The number of rotatable bonds is 8. The summed E-state index contributed by atoms with van der Waals surface area (Å²) in [5.74, 6) is 1.60. The van der Waals surface area contributed by atoms with Crippen LogP contribution in [0.25, 0.3) is 0 Å². The van der Waals surface area contributed by atoms with Crippen LogP contribution in [0, 0.1) is 11.8 Å². The zero-order valence-corrected chi connectivity index (χ0v) is 11.6. The molecule has 0 amide bonds. The molecule has 1 heteroatoms. The Morgan fingerprint density at radius 2 is 1.47 bits per heavy atom. The average Bonchev–Trinajstić information content (AvgIpc) is 2.22. The zero-order valence-electron chi connectivity index (χ0n) is 11.6. The summed E-state index contributed by atoms with van der Waals surface area (Å²) in [5, 5.41) is 3.82. The first-order valence-corrected chi connectivity index (χ1v) is 6.81. The molecule has 0 aliphatic heterocycles. The quantitative estimate of drug-likeness (QED) is 0.636. The van der Waals surface area contributed by atoms with E-state index in [4.69, 9.17) is 0 Å². The van der Waals surface area contributed by atoms with E-state index in [0.29, 0.717) is 12.1 Å². The van der Waals surface area contributed by atoms with Crippen LogP contribution in [0.5, 0.6) is 0 Å². The first kappa shape index (κ1) is 15.0. The van der Waals surface area contributed by atoms with E-state index >= 15 is 0 Å². The molecule has 0 fully saturated rings. The van der Waals surface area contributed by atoms with Crippen molar-refractivity contribution in [1.29, 1.82) is 0 Å². The molecule has 1 nitrogen and oxygen atoms in total. The highest BCUT2D eigenvalue weighted by atomic mass is 15.0. The minimum atomic E-state index is 0.694. The maximum atomic E-state index is 3.82. The second-order valence-corrected chi connectivity index (χ2v) is 5.28. The highest BCUT2D eigenvalue weighted by molar-refractivity contribution is 4.76. The van der Waals surface area contributed by atoms with Gasteiger partial charge in [0, 0.05) is 12.1 Å². The van der Waals surface area contributed by atoms with E-state index in [2.05, 4.69) is 46.9 Å². The molecule has 1 N–H and O–H groups in total. The zero-order chi connectivity index (χ0) is 11.8. The Labute approximate surface area is 97.0 Å². The Bertz CT molecular complexity index is 142. The molecule has 0 aromatic carbocycles. The van der Waals surface area contributed by atoms with Gasteiger partial charge in [-0.3, -0.25) is 0 Å². The first-order valence-electron chi connectivity index (χ1n) is 6.81. The molecule has 0 radical (unpaired) electrons. The fraction of sp³-hybridized carbons (Fsp3) is 1.00. The molecule has 0 saturated carbocycles. The molecule has 3 unspecified atom stereocenters. The van der Waals surface area contributed by atoms with E-state index < -0.39 is 0 Å². The molecule has 0 rings (SSSR count). The van der Waals surface area contributed by atoms with Gasteiger partial charge in [0.2, 0.25) is 0 Å². The van der Waals surface area contributed by atoms with Gasteiger partial charge in [0.25, 0.3) is 0 Å². The monoisotopic (exact) mass is 213 g/mol. The predicted molar refractivity (Wildman–Crippen MR) is 70.2 cm³/mol. The molecule has 0 aliphatic rings. The van der Waals surface area contributed by atoms with Crippen LogP contribution in [0.15, 0.2) is 0 Å². The maximum absolute atomic E-state index is 3.82. The van der Waals surface area contributed by atoms with Crippen LogP contribution >= 0.6 is 0 Å². The number of hydrogen-bond donors (Lipinski definition) is 1. The van der Waals surface area contributed by atoms with E-state index in [1.165, 1.54) is 25.7 Å². The summed E-state index contributed by atoms with van der Waals surface area (Å²) < 4.78 is 0. The smallest absolute Gasteiger partial charge is 0.00900 e. The lowest BCUT2D eigenvalue weighted by Crippen LogP contribution is -2.41. The van der Waals surface area contributed by atoms with Crippen LogP contribution < -0.4 is 5.32 Å². The highest BCUT2D eigenvalue weighted by Gasteiger charge is 2.16. The van der Waals surface area contributed by atoms with Gasteiger partial charge in [0.15, 0.2) is 0 Å². The minimum Gasteiger partial charge on any atom is -0.311 e. The first-order chi connectivity index (χ1) is 7.04. The lowest BCUT2D eigenvalue weighted by atomic mass is 9.94. The van der Waals surface area contributed by atoms with Crippen molar-refractivity contribution in [3.63, 3.8) is 0 Å². The lowest BCUT2D eigenvalue weighted by Gasteiger charge is -2.28. The van der Waals surface area contributed by atoms with E-state index in [0.717, 1.165) is 11.8 Å². The summed E-state index contributed by atoms with van der Waals surface area (Å²) in [6.45, 7) is 13.9. The van der Waals surface area contributed by atoms with E-state index in [9.17, 15) is 0 Å². The fourth-order valence-electron chi connectivity index (χ4n) is 2.09. The SMILES string of the molecule is CCC(C)CC(CC)NC(CC)C(C)C. The summed E-state index contributed by atoms with van der Waals surface area (Å²) in [7, 11) is 0.